The van der Waals surface area contributed by atoms with Gasteiger partial charge in [-0.05, 0) is 20.3 Å². The molecular formula is C8H15N3. The van der Waals surface area contributed by atoms with E-state index in [0.29, 0.717) is 0 Å². The summed E-state index contributed by atoms with van der Waals surface area (Å²) in [5, 5.41) is 3.24. The number of nitrogens with zero attached hydrogens (tertiary/aromatic N) is 1. The number of anilines is 1. The molecule has 0 radical (unpaired) electrons. The second kappa shape index (κ2) is 3.42. The van der Waals surface area contributed by atoms with Crippen molar-refractivity contribution in [2.75, 3.05) is 11.9 Å². The fourth-order valence-electron chi connectivity index (χ4n) is 1.03. The second-order valence-corrected chi connectivity index (χ2v) is 2.72. The van der Waals surface area contributed by atoms with Gasteiger partial charge in [-0.15, -0.1) is 0 Å². The lowest BCUT2D eigenvalue weighted by atomic mass is 10.4. The zero-order valence-corrected chi connectivity index (χ0v) is 7.36. The van der Waals surface area contributed by atoms with E-state index in [2.05, 4.69) is 22.2 Å². The maximum absolute atomic E-state index is 4.28. The van der Waals surface area contributed by atoms with Gasteiger partial charge >= 0.3 is 0 Å². The number of hydrogen-bond acceptors (Lipinski definition) is 2. The van der Waals surface area contributed by atoms with Gasteiger partial charge in [0.05, 0.1) is 5.69 Å². The quantitative estimate of drug-likeness (QED) is 0.695. The van der Waals surface area contributed by atoms with Crippen LogP contribution in [0.3, 0.4) is 0 Å². The highest BCUT2D eigenvalue weighted by molar-refractivity contribution is 5.40. The Bertz CT molecular complexity index is 227. The topological polar surface area (TPSA) is 40.7 Å². The molecule has 0 amide bonds. The van der Waals surface area contributed by atoms with Crippen LogP contribution in [0.25, 0.3) is 0 Å². The molecule has 62 valence electrons. The Labute approximate surface area is 67.2 Å². The molecule has 0 fully saturated rings. The molecule has 1 aromatic heterocycles. The number of hydrogen-bond donors (Lipinski definition) is 2. The summed E-state index contributed by atoms with van der Waals surface area (Å²) in [6, 6.07) is 0. The van der Waals surface area contributed by atoms with E-state index in [9.17, 15) is 0 Å². The maximum atomic E-state index is 4.28. The molecule has 11 heavy (non-hydrogen) atoms. The largest absolute Gasteiger partial charge is 0.369 e. The summed E-state index contributed by atoms with van der Waals surface area (Å²) < 4.78 is 0. The highest BCUT2D eigenvalue weighted by Gasteiger charge is 2.00. The first-order chi connectivity index (χ1) is 5.24. The number of aromatic nitrogens is 2. The smallest absolute Gasteiger partial charge is 0.147 e. The fourth-order valence-corrected chi connectivity index (χ4v) is 1.03. The second-order valence-electron chi connectivity index (χ2n) is 2.72. The Morgan fingerprint density at radius 2 is 2.18 bits per heavy atom. The molecule has 0 spiro atoms. The number of aromatic amines is 1. The van der Waals surface area contributed by atoms with Crippen LogP contribution < -0.4 is 5.32 Å². The molecule has 0 bridgehead atoms. The van der Waals surface area contributed by atoms with Crippen LogP contribution in [0.1, 0.15) is 24.9 Å². The minimum atomic E-state index is 0.973. The van der Waals surface area contributed by atoms with E-state index in [4.69, 9.17) is 0 Å². The third-order valence-electron chi connectivity index (χ3n) is 1.55. The molecule has 0 aliphatic heterocycles. The van der Waals surface area contributed by atoms with E-state index in [-0.39, 0.29) is 0 Å². The van der Waals surface area contributed by atoms with E-state index in [1.54, 1.807) is 0 Å². The summed E-state index contributed by atoms with van der Waals surface area (Å²) in [6.07, 6.45) is 1.13. The van der Waals surface area contributed by atoms with Crippen LogP contribution in [0.15, 0.2) is 0 Å². The molecule has 1 rings (SSSR count). The molecule has 1 heterocycles. The monoisotopic (exact) mass is 153 g/mol. The van der Waals surface area contributed by atoms with E-state index in [0.717, 1.165) is 30.3 Å². The summed E-state index contributed by atoms with van der Waals surface area (Å²) in [7, 11) is 0. The van der Waals surface area contributed by atoms with Crippen molar-refractivity contribution in [1.29, 1.82) is 0 Å². The minimum Gasteiger partial charge on any atom is -0.369 e. The van der Waals surface area contributed by atoms with Gasteiger partial charge in [-0.25, -0.2) is 4.98 Å². The SMILES string of the molecule is CCCNc1nc(C)[nH]c1C. The van der Waals surface area contributed by atoms with Gasteiger partial charge in [0.2, 0.25) is 0 Å². The molecule has 2 N–H and O–H groups in total. The standard InChI is InChI=1S/C8H15N3/c1-4-5-9-8-6(2)10-7(3)11-8/h9H,4-5H2,1-3H3,(H,10,11). The average Bonchev–Trinajstić information content (AvgIpc) is 2.26. The van der Waals surface area contributed by atoms with Crippen LogP contribution >= 0.6 is 0 Å². The molecule has 0 aliphatic carbocycles. The lowest BCUT2D eigenvalue weighted by Gasteiger charge is -1.99. The van der Waals surface area contributed by atoms with Crippen molar-refractivity contribution in [1.82, 2.24) is 9.97 Å². The zero-order chi connectivity index (χ0) is 8.27. The molecule has 0 aliphatic rings. The Kier molecular flexibility index (Phi) is 2.52. The van der Waals surface area contributed by atoms with Crippen molar-refractivity contribution >= 4 is 5.82 Å². The Balaban J connectivity index is 2.62. The zero-order valence-electron chi connectivity index (χ0n) is 7.36. The number of H-pyrrole nitrogens is 1. The average molecular weight is 153 g/mol. The van der Waals surface area contributed by atoms with Gasteiger partial charge in [0.15, 0.2) is 0 Å². The molecule has 0 unspecified atom stereocenters. The Hall–Kier alpha value is -0.990. The number of aryl methyl sites for hydroxylation is 2. The lowest BCUT2D eigenvalue weighted by Crippen LogP contribution is -2.00. The van der Waals surface area contributed by atoms with Gasteiger partial charge in [0, 0.05) is 6.54 Å². The molecule has 0 saturated carbocycles. The van der Waals surface area contributed by atoms with Crippen LogP contribution in [0, 0.1) is 13.8 Å². The van der Waals surface area contributed by atoms with E-state index >= 15 is 0 Å². The maximum Gasteiger partial charge on any atom is 0.147 e. The molecule has 3 nitrogen and oxygen atoms in total. The van der Waals surface area contributed by atoms with Crippen molar-refractivity contribution in [2.45, 2.75) is 27.2 Å². The predicted molar refractivity (Wildman–Crippen MR) is 46.8 cm³/mol. The predicted octanol–water partition coefficient (Wildman–Crippen LogP) is 1.85. The normalized spacial score (nSPS) is 10.1. The van der Waals surface area contributed by atoms with Crippen molar-refractivity contribution in [2.24, 2.45) is 0 Å². The third kappa shape index (κ3) is 1.97. The summed E-state index contributed by atoms with van der Waals surface area (Å²) >= 11 is 0. The van der Waals surface area contributed by atoms with Gasteiger partial charge in [-0.1, -0.05) is 6.92 Å². The summed E-state index contributed by atoms with van der Waals surface area (Å²) in [5.41, 5.74) is 1.12. The summed E-state index contributed by atoms with van der Waals surface area (Å²) in [5.74, 6) is 1.96. The van der Waals surface area contributed by atoms with Crippen LogP contribution in [0.2, 0.25) is 0 Å². The molecule has 0 atom stereocenters. The summed E-state index contributed by atoms with van der Waals surface area (Å²) in [6.45, 7) is 7.12. The van der Waals surface area contributed by atoms with Crippen LogP contribution in [-0.4, -0.2) is 16.5 Å². The number of nitrogens with one attached hydrogen (secondary N) is 2. The molecule has 0 aromatic carbocycles. The van der Waals surface area contributed by atoms with E-state index in [1.165, 1.54) is 0 Å². The highest BCUT2D eigenvalue weighted by atomic mass is 15.1. The molecule has 1 aromatic rings. The van der Waals surface area contributed by atoms with Gasteiger partial charge < -0.3 is 10.3 Å². The third-order valence-corrected chi connectivity index (χ3v) is 1.55. The van der Waals surface area contributed by atoms with Gasteiger partial charge in [-0.3, -0.25) is 0 Å². The van der Waals surface area contributed by atoms with Crippen molar-refractivity contribution in [3.63, 3.8) is 0 Å². The molecular weight excluding hydrogens is 138 g/mol. The van der Waals surface area contributed by atoms with Gasteiger partial charge in [-0.2, -0.15) is 0 Å². The lowest BCUT2D eigenvalue weighted by molar-refractivity contribution is 0.968. The Morgan fingerprint density at radius 3 is 2.64 bits per heavy atom. The van der Waals surface area contributed by atoms with Gasteiger partial charge in [0.1, 0.15) is 11.6 Å². The summed E-state index contributed by atoms with van der Waals surface area (Å²) in [4.78, 5) is 7.42. The van der Waals surface area contributed by atoms with Crippen LogP contribution in [0.4, 0.5) is 5.82 Å². The first-order valence-electron chi connectivity index (χ1n) is 4.01. The van der Waals surface area contributed by atoms with Crippen LogP contribution in [-0.2, 0) is 0 Å². The Morgan fingerprint density at radius 1 is 1.45 bits per heavy atom. The molecule has 0 saturated heterocycles. The highest BCUT2D eigenvalue weighted by Crippen LogP contribution is 2.09. The molecule has 3 heteroatoms. The fraction of sp³-hybridized carbons (Fsp3) is 0.625. The van der Waals surface area contributed by atoms with Crippen molar-refractivity contribution in [3.8, 4) is 0 Å². The van der Waals surface area contributed by atoms with Crippen LogP contribution in [0.5, 0.6) is 0 Å². The first-order valence-corrected chi connectivity index (χ1v) is 4.01. The van der Waals surface area contributed by atoms with Crippen molar-refractivity contribution < 1.29 is 0 Å². The number of rotatable bonds is 3. The minimum absolute atomic E-state index is 0.973. The number of imidazole rings is 1. The first kappa shape index (κ1) is 8.11. The van der Waals surface area contributed by atoms with Gasteiger partial charge in [0.25, 0.3) is 0 Å². The van der Waals surface area contributed by atoms with Crippen molar-refractivity contribution in [3.05, 3.63) is 11.5 Å². The van der Waals surface area contributed by atoms with E-state index < -0.39 is 0 Å². The van der Waals surface area contributed by atoms with E-state index in [1.807, 2.05) is 13.8 Å².